The van der Waals surface area contributed by atoms with Gasteiger partial charge in [0.2, 0.25) is 5.91 Å². The molecule has 0 fully saturated rings. The number of hydrogen-bond donors (Lipinski definition) is 1. The zero-order valence-electron chi connectivity index (χ0n) is 19.6. The summed E-state index contributed by atoms with van der Waals surface area (Å²) in [7, 11) is 3.10. The largest absolute Gasteiger partial charge is 0.497 e. The molecule has 1 heterocycles. The van der Waals surface area contributed by atoms with Gasteiger partial charge in [-0.3, -0.25) is 14.2 Å². The molecule has 0 aliphatic rings. The second-order valence-electron chi connectivity index (χ2n) is 8.26. The first kappa shape index (κ1) is 23.1. The summed E-state index contributed by atoms with van der Waals surface area (Å²) in [4.78, 5) is 26.4. The highest BCUT2D eigenvalue weighted by Gasteiger charge is 2.14. The smallest absolute Gasteiger partial charge is 0.254 e. The molecule has 1 N–H and O–H groups in total. The maximum atomic E-state index is 13.4. The van der Waals surface area contributed by atoms with E-state index in [0.717, 1.165) is 22.9 Å². The fourth-order valence-corrected chi connectivity index (χ4v) is 4.03. The van der Waals surface area contributed by atoms with Crippen molar-refractivity contribution in [3.63, 3.8) is 0 Å². The monoisotopic (exact) mass is 456 g/mol. The standard InChI is InChI=1S/C28H28N2O4/c1-19-9-11-21-14-22(12-10-20-7-5-4-6-8-20)28(32)30(26(21)13-19)18-27(31)29-23-15-24(33-2)17-25(16-23)34-3/h4-9,11,13-17H,10,12,18H2,1-3H3,(H,29,31). The van der Waals surface area contributed by atoms with E-state index < -0.39 is 0 Å². The van der Waals surface area contributed by atoms with Gasteiger partial charge in [-0.15, -0.1) is 0 Å². The van der Waals surface area contributed by atoms with Crippen molar-refractivity contribution in [1.29, 1.82) is 0 Å². The first-order valence-corrected chi connectivity index (χ1v) is 11.2. The van der Waals surface area contributed by atoms with Gasteiger partial charge in [0.1, 0.15) is 18.0 Å². The van der Waals surface area contributed by atoms with E-state index in [-0.39, 0.29) is 18.0 Å². The summed E-state index contributed by atoms with van der Waals surface area (Å²) in [5.74, 6) is 0.826. The second-order valence-corrected chi connectivity index (χ2v) is 8.26. The summed E-state index contributed by atoms with van der Waals surface area (Å²) < 4.78 is 12.1. The minimum Gasteiger partial charge on any atom is -0.497 e. The van der Waals surface area contributed by atoms with Crippen molar-refractivity contribution in [2.45, 2.75) is 26.3 Å². The Balaban J connectivity index is 1.65. The number of amides is 1. The lowest BCUT2D eigenvalue weighted by molar-refractivity contribution is -0.116. The quantitative estimate of drug-likeness (QED) is 0.415. The minimum atomic E-state index is -0.305. The lowest BCUT2D eigenvalue weighted by Gasteiger charge is -2.15. The van der Waals surface area contributed by atoms with Crippen LogP contribution in [0.2, 0.25) is 0 Å². The molecule has 4 rings (SSSR count). The fourth-order valence-electron chi connectivity index (χ4n) is 4.03. The van der Waals surface area contributed by atoms with Crippen molar-refractivity contribution in [3.8, 4) is 11.5 Å². The highest BCUT2D eigenvalue weighted by molar-refractivity contribution is 5.92. The fraction of sp³-hybridized carbons (Fsp3) is 0.214. The summed E-state index contributed by atoms with van der Waals surface area (Å²) >= 11 is 0. The van der Waals surface area contributed by atoms with Gasteiger partial charge in [-0.1, -0.05) is 42.5 Å². The molecule has 174 valence electrons. The highest BCUT2D eigenvalue weighted by Crippen LogP contribution is 2.26. The summed E-state index contributed by atoms with van der Waals surface area (Å²) in [6.07, 6.45) is 1.35. The lowest BCUT2D eigenvalue weighted by atomic mass is 10.0. The van der Waals surface area contributed by atoms with Crippen LogP contribution in [-0.2, 0) is 24.2 Å². The zero-order chi connectivity index (χ0) is 24.1. The second kappa shape index (κ2) is 10.3. The number of methoxy groups -OCH3 is 2. The lowest BCUT2D eigenvalue weighted by Crippen LogP contribution is -2.30. The molecular formula is C28H28N2O4. The van der Waals surface area contributed by atoms with E-state index in [0.29, 0.717) is 29.2 Å². The Morgan fingerprint density at radius 2 is 1.59 bits per heavy atom. The van der Waals surface area contributed by atoms with Crippen molar-refractivity contribution < 1.29 is 14.3 Å². The van der Waals surface area contributed by atoms with E-state index in [1.807, 2.05) is 49.4 Å². The maximum absolute atomic E-state index is 13.4. The van der Waals surface area contributed by atoms with Crippen LogP contribution in [0.4, 0.5) is 5.69 Å². The van der Waals surface area contributed by atoms with Crippen LogP contribution in [0.1, 0.15) is 16.7 Å². The molecule has 0 aliphatic heterocycles. The van der Waals surface area contributed by atoms with Crippen LogP contribution in [0.15, 0.2) is 77.6 Å². The van der Waals surface area contributed by atoms with E-state index in [1.165, 1.54) is 5.56 Å². The van der Waals surface area contributed by atoms with E-state index in [2.05, 4.69) is 17.4 Å². The van der Waals surface area contributed by atoms with Crippen LogP contribution in [-0.4, -0.2) is 24.7 Å². The number of nitrogens with one attached hydrogen (secondary N) is 1. The molecule has 3 aromatic carbocycles. The van der Waals surface area contributed by atoms with E-state index in [1.54, 1.807) is 37.0 Å². The third-order valence-electron chi connectivity index (χ3n) is 5.79. The molecule has 4 aromatic rings. The molecule has 0 saturated carbocycles. The van der Waals surface area contributed by atoms with Crippen molar-refractivity contribution in [2.75, 3.05) is 19.5 Å². The van der Waals surface area contributed by atoms with Crippen LogP contribution in [0.5, 0.6) is 11.5 Å². The molecule has 0 bridgehead atoms. The number of carbonyl (C=O) groups excluding carboxylic acids is 1. The van der Waals surface area contributed by atoms with Crippen LogP contribution in [0.25, 0.3) is 10.9 Å². The molecule has 0 saturated heterocycles. The zero-order valence-corrected chi connectivity index (χ0v) is 19.6. The normalized spacial score (nSPS) is 10.8. The van der Waals surface area contributed by atoms with Crippen molar-refractivity contribution in [2.24, 2.45) is 0 Å². The van der Waals surface area contributed by atoms with Crippen molar-refractivity contribution >= 4 is 22.5 Å². The van der Waals surface area contributed by atoms with Gasteiger partial charge in [0.05, 0.1) is 19.7 Å². The van der Waals surface area contributed by atoms with Gasteiger partial charge >= 0.3 is 0 Å². The average Bonchev–Trinajstić information content (AvgIpc) is 2.85. The number of pyridine rings is 1. The first-order chi connectivity index (χ1) is 16.5. The number of hydrogen-bond acceptors (Lipinski definition) is 4. The number of aromatic nitrogens is 1. The molecule has 1 amide bonds. The number of aryl methyl sites for hydroxylation is 3. The number of carbonyl (C=O) groups is 1. The van der Waals surface area contributed by atoms with Crippen LogP contribution >= 0.6 is 0 Å². The predicted octanol–water partition coefficient (Wildman–Crippen LogP) is 4.75. The Hall–Kier alpha value is -4.06. The summed E-state index contributed by atoms with van der Waals surface area (Å²) in [6, 6.07) is 23.1. The molecule has 0 radical (unpaired) electrons. The summed E-state index contributed by atoms with van der Waals surface area (Å²) in [5, 5.41) is 3.80. The van der Waals surface area contributed by atoms with Gasteiger partial charge in [-0.2, -0.15) is 0 Å². The minimum absolute atomic E-state index is 0.0997. The Morgan fingerprint density at radius 3 is 2.26 bits per heavy atom. The van der Waals surface area contributed by atoms with Crippen LogP contribution in [0, 0.1) is 6.92 Å². The van der Waals surface area contributed by atoms with E-state index >= 15 is 0 Å². The number of fused-ring (bicyclic) bond motifs is 1. The number of benzene rings is 3. The predicted molar refractivity (Wildman–Crippen MR) is 135 cm³/mol. The van der Waals surface area contributed by atoms with Gasteiger partial charge in [0.25, 0.3) is 5.56 Å². The van der Waals surface area contributed by atoms with Crippen LogP contribution in [0.3, 0.4) is 0 Å². The molecule has 34 heavy (non-hydrogen) atoms. The summed E-state index contributed by atoms with van der Waals surface area (Å²) in [6.45, 7) is 1.87. The molecule has 0 atom stereocenters. The van der Waals surface area contributed by atoms with Gasteiger partial charge in [0.15, 0.2) is 0 Å². The number of rotatable bonds is 8. The Kier molecular flexibility index (Phi) is 6.97. The Labute approximate surface area is 198 Å². The Bertz CT molecular complexity index is 1350. The third kappa shape index (κ3) is 5.29. The highest BCUT2D eigenvalue weighted by atomic mass is 16.5. The maximum Gasteiger partial charge on any atom is 0.254 e. The summed E-state index contributed by atoms with van der Waals surface area (Å²) in [5.41, 5.74) is 4.02. The van der Waals surface area contributed by atoms with Gasteiger partial charge in [-0.05, 0) is 48.4 Å². The topological polar surface area (TPSA) is 69.6 Å². The molecule has 6 heteroatoms. The van der Waals surface area contributed by atoms with Crippen molar-refractivity contribution in [1.82, 2.24) is 4.57 Å². The average molecular weight is 457 g/mol. The van der Waals surface area contributed by atoms with Gasteiger partial charge in [0, 0.05) is 29.4 Å². The van der Waals surface area contributed by atoms with E-state index in [9.17, 15) is 9.59 Å². The molecule has 1 aromatic heterocycles. The SMILES string of the molecule is COc1cc(NC(=O)Cn2c(=O)c(CCc3ccccc3)cc3ccc(C)cc32)cc(OC)c1. The molecule has 0 aliphatic carbocycles. The first-order valence-electron chi connectivity index (χ1n) is 11.2. The van der Waals surface area contributed by atoms with Gasteiger partial charge in [-0.25, -0.2) is 0 Å². The Morgan fingerprint density at radius 1 is 0.882 bits per heavy atom. The van der Waals surface area contributed by atoms with Gasteiger partial charge < -0.3 is 14.8 Å². The molecule has 0 spiro atoms. The molecule has 6 nitrogen and oxygen atoms in total. The number of ether oxygens (including phenoxy) is 2. The molecular weight excluding hydrogens is 428 g/mol. The number of nitrogens with zero attached hydrogens (tertiary/aromatic N) is 1. The molecule has 0 unspecified atom stereocenters. The van der Waals surface area contributed by atoms with Crippen molar-refractivity contribution in [3.05, 3.63) is 99.8 Å². The third-order valence-corrected chi connectivity index (χ3v) is 5.79. The van der Waals surface area contributed by atoms with E-state index in [4.69, 9.17) is 9.47 Å². The number of anilines is 1. The van der Waals surface area contributed by atoms with Crippen LogP contribution < -0.4 is 20.3 Å².